The largest absolute Gasteiger partial charge is 0.302 e. The van der Waals surface area contributed by atoms with Crippen molar-refractivity contribution in [3.8, 4) is 0 Å². The van der Waals surface area contributed by atoms with Gasteiger partial charge in [0.1, 0.15) is 0 Å². The van der Waals surface area contributed by atoms with Crippen LogP contribution >= 0.6 is 0 Å². The number of benzene rings is 1. The Labute approximate surface area is 117 Å². The first-order valence-electron chi connectivity index (χ1n) is 7.22. The van der Waals surface area contributed by atoms with Gasteiger partial charge >= 0.3 is 0 Å². The van der Waals surface area contributed by atoms with Gasteiger partial charge in [-0.05, 0) is 51.9 Å². The summed E-state index contributed by atoms with van der Waals surface area (Å²) < 4.78 is 0. The Kier molecular flexibility index (Phi) is 4.29. The minimum atomic E-state index is 0.148. The number of nitrogens with two attached hydrogens (primary N) is 1. The van der Waals surface area contributed by atoms with Crippen molar-refractivity contribution in [2.24, 2.45) is 5.84 Å². The number of rotatable bonds is 4. The topological polar surface area (TPSA) is 41.3 Å². The van der Waals surface area contributed by atoms with E-state index >= 15 is 0 Å². The normalized spacial score (nSPS) is 19.9. The standard InChI is InChI=1S/C16H27N3/c1-12-7-8-14(13(2)11-12)15(18-17)16(19(3)4)9-5-6-10-16/h7-8,11,15,18H,5-6,9-10,17H2,1-4H3. The minimum absolute atomic E-state index is 0.148. The second-order valence-electron chi connectivity index (χ2n) is 6.16. The van der Waals surface area contributed by atoms with Crippen molar-refractivity contribution in [1.29, 1.82) is 0 Å². The third kappa shape index (κ3) is 2.55. The summed E-state index contributed by atoms with van der Waals surface area (Å²) >= 11 is 0. The van der Waals surface area contributed by atoms with E-state index in [1.807, 2.05) is 0 Å². The zero-order chi connectivity index (χ0) is 14.0. The molecule has 0 heterocycles. The fourth-order valence-electron chi connectivity index (χ4n) is 3.67. The van der Waals surface area contributed by atoms with Gasteiger partial charge in [-0.2, -0.15) is 0 Å². The van der Waals surface area contributed by atoms with Crippen LogP contribution in [0.15, 0.2) is 18.2 Å². The molecular formula is C16H27N3. The fraction of sp³-hybridized carbons (Fsp3) is 0.625. The number of aryl methyl sites for hydroxylation is 2. The zero-order valence-corrected chi connectivity index (χ0v) is 12.7. The van der Waals surface area contributed by atoms with E-state index in [2.05, 4.69) is 56.5 Å². The molecule has 0 aliphatic heterocycles. The highest BCUT2D eigenvalue weighted by atomic mass is 15.3. The molecule has 1 aliphatic rings. The first-order valence-corrected chi connectivity index (χ1v) is 7.22. The van der Waals surface area contributed by atoms with E-state index in [4.69, 9.17) is 5.84 Å². The number of hydrazine groups is 1. The van der Waals surface area contributed by atoms with Gasteiger partial charge in [0, 0.05) is 5.54 Å². The van der Waals surface area contributed by atoms with Crippen LogP contribution in [-0.2, 0) is 0 Å². The highest BCUT2D eigenvalue weighted by Gasteiger charge is 2.43. The van der Waals surface area contributed by atoms with Crippen LogP contribution in [0.5, 0.6) is 0 Å². The monoisotopic (exact) mass is 261 g/mol. The molecule has 1 aromatic rings. The molecule has 0 spiro atoms. The molecule has 0 saturated heterocycles. The molecule has 3 nitrogen and oxygen atoms in total. The molecule has 1 aromatic carbocycles. The highest BCUT2D eigenvalue weighted by Crippen LogP contribution is 2.43. The van der Waals surface area contributed by atoms with Crippen molar-refractivity contribution in [2.45, 2.75) is 51.1 Å². The molecule has 1 saturated carbocycles. The van der Waals surface area contributed by atoms with Crippen LogP contribution in [-0.4, -0.2) is 24.5 Å². The van der Waals surface area contributed by atoms with Crippen LogP contribution in [0.1, 0.15) is 48.4 Å². The van der Waals surface area contributed by atoms with Crippen molar-refractivity contribution in [3.05, 3.63) is 34.9 Å². The summed E-state index contributed by atoms with van der Waals surface area (Å²) in [6, 6.07) is 6.87. The minimum Gasteiger partial charge on any atom is -0.302 e. The lowest BCUT2D eigenvalue weighted by molar-refractivity contribution is 0.104. The Balaban J connectivity index is 2.43. The Bertz CT molecular complexity index is 434. The molecule has 19 heavy (non-hydrogen) atoms. The van der Waals surface area contributed by atoms with E-state index < -0.39 is 0 Å². The van der Waals surface area contributed by atoms with Crippen molar-refractivity contribution in [1.82, 2.24) is 10.3 Å². The van der Waals surface area contributed by atoms with Gasteiger partial charge in [0.25, 0.3) is 0 Å². The lowest BCUT2D eigenvalue weighted by Crippen LogP contribution is -2.53. The van der Waals surface area contributed by atoms with Gasteiger partial charge in [-0.1, -0.05) is 36.6 Å². The van der Waals surface area contributed by atoms with Gasteiger partial charge in [0.05, 0.1) is 6.04 Å². The number of nitrogens with zero attached hydrogens (tertiary/aromatic N) is 1. The maximum absolute atomic E-state index is 5.94. The Morgan fingerprint density at radius 2 is 1.84 bits per heavy atom. The van der Waals surface area contributed by atoms with Crippen LogP contribution in [0.25, 0.3) is 0 Å². The zero-order valence-electron chi connectivity index (χ0n) is 12.7. The van der Waals surface area contributed by atoms with Crippen molar-refractivity contribution in [3.63, 3.8) is 0 Å². The third-order valence-electron chi connectivity index (χ3n) is 4.80. The summed E-state index contributed by atoms with van der Waals surface area (Å²) in [5.41, 5.74) is 7.22. The average Bonchev–Trinajstić information content (AvgIpc) is 2.83. The summed E-state index contributed by atoms with van der Waals surface area (Å²) in [4.78, 5) is 2.36. The van der Waals surface area contributed by atoms with E-state index in [0.717, 1.165) is 0 Å². The molecule has 0 aromatic heterocycles. The SMILES string of the molecule is Cc1ccc(C(NN)C2(N(C)C)CCCC2)c(C)c1. The molecule has 1 atom stereocenters. The Morgan fingerprint density at radius 3 is 2.32 bits per heavy atom. The number of hydrogen-bond donors (Lipinski definition) is 2. The third-order valence-corrected chi connectivity index (χ3v) is 4.80. The Morgan fingerprint density at radius 1 is 1.21 bits per heavy atom. The van der Waals surface area contributed by atoms with Crippen LogP contribution in [0.2, 0.25) is 0 Å². The van der Waals surface area contributed by atoms with Crippen LogP contribution < -0.4 is 11.3 Å². The van der Waals surface area contributed by atoms with Gasteiger partial charge in [0.2, 0.25) is 0 Å². The van der Waals surface area contributed by atoms with Crippen molar-refractivity contribution in [2.75, 3.05) is 14.1 Å². The van der Waals surface area contributed by atoms with Crippen LogP contribution in [0.3, 0.4) is 0 Å². The summed E-state index contributed by atoms with van der Waals surface area (Å²) in [5, 5.41) is 0. The van der Waals surface area contributed by atoms with Crippen molar-refractivity contribution >= 4 is 0 Å². The average molecular weight is 261 g/mol. The number of nitrogens with one attached hydrogen (secondary N) is 1. The maximum Gasteiger partial charge on any atom is 0.0646 e. The van der Waals surface area contributed by atoms with Crippen molar-refractivity contribution < 1.29 is 0 Å². The molecule has 0 radical (unpaired) electrons. The van der Waals surface area contributed by atoms with Crippen LogP contribution in [0, 0.1) is 13.8 Å². The molecule has 3 N–H and O–H groups in total. The second-order valence-corrected chi connectivity index (χ2v) is 6.16. The molecular weight excluding hydrogens is 234 g/mol. The predicted molar refractivity (Wildman–Crippen MR) is 80.9 cm³/mol. The number of hydrogen-bond acceptors (Lipinski definition) is 3. The van der Waals surface area contributed by atoms with Gasteiger partial charge in [0.15, 0.2) is 0 Å². The molecule has 1 aliphatic carbocycles. The lowest BCUT2D eigenvalue weighted by atomic mass is 9.81. The van der Waals surface area contributed by atoms with Gasteiger partial charge < -0.3 is 4.90 Å². The summed E-state index contributed by atoms with van der Waals surface area (Å²) in [6.45, 7) is 4.32. The van der Waals surface area contributed by atoms with Gasteiger partial charge in [-0.25, -0.2) is 0 Å². The predicted octanol–water partition coefficient (Wildman–Crippen LogP) is 2.68. The molecule has 2 rings (SSSR count). The van der Waals surface area contributed by atoms with E-state index in [1.54, 1.807) is 0 Å². The summed E-state index contributed by atoms with van der Waals surface area (Å²) in [7, 11) is 4.36. The molecule has 0 amide bonds. The fourth-order valence-corrected chi connectivity index (χ4v) is 3.67. The van der Waals surface area contributed by atoms with Crippen LogP contribution in [0.4, 0.5) is 0 Å². The van der Waals surface area contributed by atoms with E-state index in [-0.39, 0.29) is 11.6 Å². The number of likely N-dealkylation sites (N-methyl/N-ethyl adjacent to an activating group) is 1. The van der Waals surface area contributed by atoms with E-state index in [1.165, 1.54) is 42.4 Å². The first kappa shape index (κ1) is 14.5. The lowest BCUT2D eigenvalue weighted by Gasteiger charge is -2.43. The van der Waals surface area contributed by atoms with E-state index in [0.29, 0.717) is 0 Å². The first-order chi connectivity index (χ1) is 9.01. The molecule has 1 unspecified atom stereocenters. The van der Waals surface area contributed by atoms with Gasteiger partial charge in [-0.3, -0.25) is 11.3 Å². The van der Waals surface area contributed by atoms with E-state index in [9.17, 15) is 0 Å². The molecule has 106 valence electrons. The molecule has 3 heteroatoms. The Hall–Kier alpha value is -0.900. The smallest absolute Gasteiger partial charge is 0.0646 e. The summed E-state index contributed by atoms with van der Waals surface area (Å²) in [5.74, 6) is 5.94. The molecule has 1 fully saturated rings. The maximum atomic E-state index is 5.94. The highest BCUT2D eigenvalue weighted by molar-refractivity contribution is 5.35. The quantitative estimate of drug-likeness (QED) is 0.647. The summed E-state index contributed by atoms with van der Waals surface area (Å²) in [6.07, 6.45) is 5.01. The molecule has 0 bridgehead atoms. The second kappa shape index (κ2) is 5.61. The van der Waals surface area contributed by atoms with Gasteiger partial charge in [-0.15, -0.1) is 0 Å².